The summed E-state index contributed by atoms with van der Waals surface area (Å²) in [6, 6.07) is 3.83. The van der Waals surface area contributed by atoms with Gasteiger partial charge in [-0.15, -0.1) is 0 Å². The number of aryl methyl sites for hydroxylation is 1. The number of nitro groups is 1. The molecule has 1 saturated carbocycles. The number of hydrogen-bond donors (Lipinski definition) is 1. The van der Waals surface area contributed by atoms with Crippen LogP contribution in [-0.2, 0) is 6.42 Å². The summed E-state index contributed by atoms with van der Waals surface area (Å²) in [4.78, 5) is 10.00. The average molecular weight is 238 g/mol. The van der Waals surface area contributed by atoms with Crippen LogP contribution in [0.3, 0.4) is 0 Å². The number of nitro benzene ring substituents is 1. The van der Waals surface area contributed by atoms with Crippen molar-refractivity contribution in [2.75, 3.05) is 0 Å². The molecule has 2 rings (SSSR count). The Morgan fingerprint density at radius 2 is 2.18 bits per heavy atom. The molecule has 92 valence electrons. The van der Waals surface area contributed by atoms with Gasteiger partial charge in [-0.3, -0.25) is 10.1 Å². The predicted molar refractivity (Wildman–Crippen MR) is 62.1 cm³/mol. The first-order chi connectivity index (χ1) is 8.06. The first-order valence-corrected chi connectivity index (χ1v) is 5.75. The third-order valence-electron chi connectivity index (χ3n) is 3.15. The molecule has 1 fully saturated rings. The van der Waals surface area contributed by atoms with Crippen LogP contribution in [0, 0.1) is 21.8 Å². The number of non-ortho nitro benzene ring substituents is 1. The summed E-state index contributed by atoms with van der Waals surface area (Å²) in [5, 5.41) is 10.6. The molecule has 1 aromatic carbocycles. The highest BCUT2D eigenvalue weighted by Crippen LogP contribution is 2.33. The third kappa shape index (κ3) is 3.23. The molecule has 17 heavy (non-hydrogen) atoms. The van der Waals surface area contributed by atoms with Gasteiger partial charge in [0.2, 0.25) is 0 Å². The minimum Gasteiger partial charge on any atom is -0.327 e. The molecule has 0 aromatic heterocycles. The molecular formula is C12H15FN2O2. The van der Waals surface area contributed by atoms with Crippen LogP contribution >= 0.6 is 0 Å². The van der Waals surface area contributed by atoms with Crippen LogP contribution in [0.15, 0.2) is 18.2 Å². The van der Waals surface area contributed by atoms with Gasteiger partial charge in [0, 0.05) is 12.1 Å². The van der Waals surface area contributed by atoms with Gasteiger partial charge in [-0.25, -0.2) is 4.39 Å². The molecular weight excluding hydrogens is 223 g/mol. The number of rotatable bonds is 5. The van der Waals surface area contributed by atoms with Crippen molar-refractivity contribution in [3.63, 3.8) is 0 Å². The molecule has 0 amide bonds. The van der Waals surface area contributed by atoms with Crippen LogP contribution in [0.1, 0.15) is 24.8 Å². The molecule has 1 aromatic rings. The van der Waals surface area contributed by atoms with Gasteiger partial charge in [-0.05, 0) is 43.2 Å². The van der Waals surface area contributed by atoms with E-state index in [2.05, 4.69) is 0 Å². The van der Waals surface area contributed by atoms with E-state index in [-0.39, 0.29) is 11.7 Å². The van der Waals surface area contributed by atoms with E-state index in [0.29, 0.717) is 17.9 Å². The molecule has 0 radical (unpaired) electrons. The lowest BCUT2D eigenvalue weighted by atomic mass is 10.0. The van der Waals surface area contributed by atoms with E-state index in [1.165, 1.54) is 25.0 Å². The Balaban J connectivity index is 2.01. The summed E-state index contributed by atoms with van der Waals surface area (Å²) in [7, 11) is 0. The summed E-state index contributed by atoms with van der Waals surface area (Å²) >= 11 is 0. The van der Waals surface area contributed by atoms with Crippen LogP contribution < -0.4 is 5.73 Å². The fourth-order valence-corrected chi connectivity index (χ4v) is 1.98. The van der Waals surface area contributed by atoms with E-state index in [1.54, 1.807) is 0 Å². The molecule has 0 heterocycles. The summed E-state index contributed by atoms with van der Waals surface area (Å²) in [5.74, 6) is 0.0349. The Labute approximate surface area is 98.8 Å². The van der Waals surface area contributed by atoms with Crippen LogP contribution in [0.25, 0.3) is 0 Å². The zero-order valence-electron chi connectivity index (χ0n) is 9.43. The Morgan fingerprint density at radius 3 is 2.76 bits per heavy atom. The largest absolute Gasteiger partial charge is 0.327 e. The number of halogens is 1. The lowest BCUT2D eigenvalue weighted by Crippen LogP contribution is -2.22. The lowest BCUT2D eigenvalue weighted by molar-refractivity contribution is -0.385. The topological polar surface area (TPSA) is 69.2 Å². The van der Waals surface area contributed by atoms with Crippen molar-refractivity contribution in [2.45, 2.75) is 31.7 Å². The molecule has 1 aliphatic rings. The fourth-order valence-electron chi connectivity index (χ4n) is 1.98. The molecule has 0 saturated heterocycles. The maximum Gasteiger partial charge on any atom is 0.272 e. The van der Waals surface area contributed by atoms with Gasteiger partial charge in [0.1, 0.15) is 5.82 Å². The smallest absolute Gasteiger partial charge is 0.272 e. The van der Waals surface area contributed by atoms with Gasteiger partial charge in [0.25, 0.3) is 5.69 Å². The van der Waals surface area contributed by atoms with Gasteiger partial charge in [0.05, 0.1) is 11.0 Å². The fraction of sp³-hybridized carbons (Fsp3) is 0.500. The normalized spacial score (nSPS) is 16.8. The van der Waals surface area contributed by atoms with Gasteiger partial charge in [-0.2, -0.15) is 0 Å². The Morgan fingerprint density at radius 1 is 1.47 bits per heavy atom. The Hall–Kier alpha value is -1.49. The van der Waals surface area contributed by atoms with Gasteiger partial charge < -0.3 is 5.73 Å². The Bertz CT molecular complexity index is 433. The van der Waals surface area contributed by atoms with Crippen LogP contribution in [0.2, 0.25) is 0 Å². The minimum atomic E-state index is -0.576. The maximum atomic E-state index is 13.1. The summed E-state index contributed by atoms with van der Waals surface area (Å²) in [5.41, 5.74) is 6.39. The van der Waals surface area contributed by atoms with Crippen LogP contribution in [0.5, 0.6) is 0 Å². The zero-order valence-corrected chi connectivity index (χ0v) is 9.43. The maximum absolute atomic E-state index is 13.1. The van der Waals surface area contributed by atoms with Crippen molar-refractivity contribution in [1.29, 1.82) is 0 Å². The second-order valence-electron chi connectivity index (χ2n) is 4.61. The highest BCUT2D eigenvalue weighted by atomic mass is 19.1. The van der Waals surface area contributed by atoms with E-state index < -0.39 is 10.7 Å². The summed E-state index contributed by atoms with van der Waals surface area (Å²) in [6.07, 6.45) is 3.69. The minimum absolute atomic E-state index is 0.136. The van der Waals surface area contributed by atoms with Crippen molar-refractivity contribution in [2.24, 2.45) is 11.7 Å². The SMILES string of the molecule is NC(CCc1cc(F)cc([N+](=O)[O-])c1)C1CC1. The monoisotopic (exact) mass is 238 g/mol. The van der Waals surface area contributed by atoms with E-state index in [4.69, 9.17) is 5.73 Å². The summed E-state index contributed by atoms with van der Waals surface area (Å²) < 4.78 is 13.1. The molecule has 4 nitrogen and oxygen atoms in total. The van der Waals surface area contributed by atoms with Crippen molar-refractivity contribution >= 4 is 5.69 Å². The van der Waals surface area contributed by atoms with Gasteiger partial charge >= 0.3 is 0 Å². The van der Waals surface area contributed by atoms with E-state index in [0.717, 1.165) is 12.5 Å². The van der Waals surface area contributed by atoms with E-state index >= 15 is 0 Å². The molecule has 1 unspecified atom stereocenters. The second kappa shape index (κ2) is 4.79. The van der Waals surface area contributed by atoms with Crippen molar-refractivity contribution in [1.82, 2.24) is 0 Å². The molecule has 5 heteroatoms. The summed E-state index contributed by atoms with van der Waals surface area (Å²) in [6.45, 7) is 0. The molecule has 1 aliphatic carbocycles. The Kier molecular flexibility index (Phi) is 3.38. The number of benzene rings is 1. The van der Waals surface area contributed by atoms with Crippen molar-refractivity contribution in [3.8, 4) is 0 Å². The highest BCUT2D eigenvalue weighted by molar-refractivity contribution is 5.35. The van der Waals surface area contributed by atoms with Crippen LogP contribution in [-0.4, -0.2) is 11.0 Å². The quantitative estimate of drug-likeness (QED) is 0.632. The second-order valence-corrected chi connectivity index (χ2v) is 4.61. The first-order valence-electron chi connectivity index (χ1n) is 5.75. The zero-order chi connectivity index (χ0) is 12.4. The number of nitrogens with zero attached hydrogens (tertiary/aromatic N) is 1. The van der Waals surface area contributed by atoms with E-state index in [9.17, 15) is 14.5 Å². The average Bonchev–Trinajstić information content (AvgIpc) is 3.08. The van der Waals surface area contributed by atoms with E-state index in [1.807, 2.05) is 0 Å². The number of nitrogens with two attached hydrogens (primary N) is 1. The van der Waals surface area contributed by atoms with Gasteiger partial charge in [0.15, 0.2) is 0 Å². The molecule has 0 aliphatic heterocycles. The standard InChI is InChI=1S/C12H15FN2O2/c13-10-5-8(6-11(7-10)15(16)17)1-4-12(14)9-2-3-9/h5-7,9,12H,1-4,14H2. The molecule has 2 N–H and O–H groups in total. The number of hydrogen-bond acceptors (Lipinski definition) is 3. The van der Waals surface area contributed by atoms with Crippen LogP contribution in [0.4, 0.5) is 10.1 Å². The molecule has 1 atom stereocenters. The van der Waals surface area contributed by atoms with Gasteiger partial charge in [-0.1, -0.05) is 0 Å². The molecule has 0 bridgehead atoms. The van der Waals surface area contributed by atoms with Crippen molar-refractivity contribution < 1.29 is 9.31 Å². The third-order valence-corrected chi connectivity index (χ3v) is 3.15. The first kappa shape index (κ1) is 12.0. The lowest BCUT2D eigenvalue weighted by Gasteiger charge is -2.09. The predicted octanol–water partition coefficient (Wildman–Crippen LogP) is 2.40. The van der Waals surface area contributed by atoms with Crippen molar-refractivity contribution in [3.05, 3.63) is 39.7 Å². The molecule has 0 spiro atoms. The highest BCUT2D eigenvalue weighted by Gasteiger charge is 2.28.